The number of aromatic amines is 1. The number of amides is 1. The molecule has 0 bridgehead atoms. The Morgan fingerprint density at radius 3 is 2.57 bits per heavy atom. The predicted octanol–water partition coefficient (Wildman–Crippen LogP) is 2.05. The van der Waals surface area contributed by atoms with Gasteiger partial charge in [0.2, 0.25) is 0 Å². The molecule has 0 radical (unpaired) electrons. The van der Waals surface area contributed by atoms with Gasteiger partial charge in [0.05, 0.1) is 0 Å². The van der Waals surface area contributed by atoms with Crippen LogP contribution in [-0.2, 0) is 6.54 Å². The third-order valence-corrected chi connectivity index (χ3v) is 3.09. The van der Waals surface area contributed by atoms with Crippen LogP contribution in [-0.4, -0.2) is 17.4 Å². The average Bonchev–Trinajstić information content (AvgIpc) is 2.46. The molecule has 0 atom stereocenters. The summed E-state index contributed by atoms with van der Waals surface area (Å²) < 4.78 is 0. The number of H-pyrrole nitrogens is 1. The van der Waals surface area contributed by atoms with E-state index in [4.69, 9.17) is 0 Å². The molecule has 0 aliphatic rings. The van der Waals surface area contributed by atoms with Crippen LogP contribution in [0.1, 0.15) is 28.5 Å². The number of carbonyl (C=O) groups excluding carboxylic acids is 1. The van der Waals surface area contributed by atoms with Gasteiger partial charge in [-0.05, 0) is 31.2 Å². The molecule has 2 rings (SSSR count). The molecule has 0 spiro atoms. The first-order chi connectivity index (χ1) is 10.1. The molecule has 1 aromatic heterocycles. The second kappa shape index (κ2) is 6.85. The monoisotopic (exact) mass is 285 g/mol. The number of nitrogens with one attached hydrogen (secondary N) is 3. The first-order valence-electron chi connectivity index (χ1n) is 6.90. The fourth-order valence-electron chi connectivity index (χ4n) is 1.92. The minimum absolute atomic E-state index is 0.109. The van der Waals surface area contributed by atoms with Gasteiger partial charge >= 0.3 is 0 Å². The molecule has 5 nitrogen and oxygen atoms in total. The normalized spacial score (nSPS) is 10.4. The second-order valence-corrected chi connectivity index (χ2v) is 4.83. The molecule has 1 heterocycles. The largest absolute Gasteiger partial charge is 0.364 e. The van der Waals surface area contributed by atoms with Gasteiger partial charge in [-0.3, -0.25) is 9.59 Å². The third kappa shape index (κ3) is 4.03. The minimum atomic E-state index is -0.407. The molecule has 0 fully saturated rings. The summed E-state index contributed by atoms with van der Waals surface area (Å²) in [6.07, 6.45) is 1.44. The van der Waals surface area contributed by atoms with E-state index in [-0.39, 0.29) is 11.0 Å². The molecule has 3 N–H and O–H groups in total. The van der Waals surface area contributed by atoms with Crippen LogP contribution < -0.4 is 16.1 Å². The smallest absolute Gasteiger partial charge is 0.261 e. The van der Waals surface area contributed by atoms with E-state index in [1.165, 1.54) is 12.3 Å². The molecule has 0 unspecified atom stereocenters. The van der Waals surface area contributed by atoms with Crippen LogP contribution in [0.15, 0.2) is 41.3 Å². The molecule has 2 aromatic rings. The summed E-state index contributed by atoms with van der Waals surface area (Å²) in [4.78, 5) is 26.7. The molecule has 0 aliphatic heterocycles. The van der Waals surface area contributed by atoms with Crippen molar-refractivity contribution < 1.29 is 4.79 Å². The maximum Gasteiger partial charge on any atom is 0.261 e. The zero-order chi connectivity index (χ0) is 15.2. The highest BCUT2D eigenvalue weighted by molar-refractivity contribution is 6.03. The molecule has 0 saturated carbocycles. The summed E-state index contributed by atoms with van der Waals surface area (Å²) in [7, 11) is 0. The predicted molar refractivity (Wildman–Crippen MR) is 83.6 cm³/mol. The number of aryl methyl sites for hydroxylation is 1. The minimum Gasteiger partial charge on any atom is -0.364 e. The molecular weight excluding hydrogens is 266 g/mol. The van der Waals surface area contributed by atoms with Gasteiger partial charge in [-0.25, -0.2) is 0 Å². The van der Waals surface area contributed by atoms with E-state index in [2.05, 4.69) is 15.6 Å². The lowest BCUT2D eigenvalue weighted by molar-refractivity contribution is 0.102. The van der Waals surface area contributed by atoms with Gasteiger partial charge in [0.15, 0.2) is 5.43 Å². The molecule has 0 saturated heterocycles. The molecule has 1 aromatic carbocycles. The van der Waals surface area contributed by atoms with E-state index in [1.807, 2.05) is 31.2 Å². The number of hydrogen-bond donors (Lipinski definition) is 3. The van der Waals surface area contributed by atoms with Crippen LogP contribution in [0.25, 0.3) is 0 Å². The van der Waals surface area contributed by atoms with Crippen LogP contribution in [0, 0.1) is 6.92 Å². The number of benzene rings is 1. The Morgan fingerprint density at radius 1 is 1.24 bits per heavy atom. The van der Waals surface area contributed by atoms with Crippen LogP contribution >= 0.6 is 0 Å². The Hall–Kier alpha value is -2.40. The number of aromatic nitrogens is 1. The lowest BCUT2D eigenvalue weighted by Crippen LogP contribution is -2.21. The molecule has 21 heavy (non-hydrogen) atoms. The molecular formula is C16H19N3O2. The summed E-state index contributed by atoms with van der Waals surface area (Å²) in [6.45, 7) is 5.52. The number of hydrogen-bond acceptors (Lipinski definition) is 3. The van der Waals surface area contributed by atoms with E-state index >= 15 is 0 Å². The second-order valence-electron chi connectivity index (χ2n) is 4.83. The number of carbonyl (C=O) groups is 1. The summed E-state index contributed by atoms with van der Waals surface area (Å²) >= 11 is 0. The zero-order valence-electron chi connectivity index (χ0n) is 12.2. The summed E-state index contributed by atoms with van der Waals surface area (Å²) in [6, 6.07) is 8.95. The average molecular weight is 285 g/mol. The first-order valence-corrected chi connectivity index (χ1v) is 6.90. The third-order valence-electron chi connectivity index (χ3n) is 3.09. The van der Waals surface area contributed by atoms with E-state index in [0.717, 1.165) is 24.3 Å². The van der Waals surface area contributed by atoms with Crippen molar-refractivity contribution in [1.82, 2.24) is 10.3 Å². The van der Waals surface area contributed by atoms with E-state index in [9.17, 15) is 9.59 Å². The highest BCUT2D eigenvalue weighted by Crippen LogP contribution is 2.10. The highest BCUT2D eigenvalue weighted by Gasteiger charge is 2.10. The summed E-state index contributed by atoms with van der Waals surface area (Å²) in [5.74, 6) is -0.407. The number of anilines is 1. The Morgan fingerprint density at radius 2 is 1.95 bits per heavy atom. The van der Waals surface area contributed by atoms with Crippen molar-refractivity contribution in [2.24, 2.45) is 0 Å². The fourth-order valence-corrected chi connectivity index (χ4v) is 1.92. The lowest BCUT2D eigenvalue weighted by Gasteiger charge is -2.07. The SMILES string of the molecule is CCNCc1ccc(NC(=O)c2c[nH]c(C)cc2=O)cc1. The van der Waals surface area contributed by atoms with E-state index < -0.39 is 5.91 Å². The summed E-state index contributed by atoms with van der Waals surface area (Å²) in [5.41, 5.74) is 2.36. The van der Waals surface area contributed by atoms with Crippen molar-refractivity contribution >= 4 is 11.6 Å². The topological polar surface area (TPSA) is 74.0 Å². The van der Waals surface area contributed by atoms with Gasteiger partial charge in [0.25, 0.3) is 5.91 Å². The maximum absolute atomic E-state index is 12.1. The molecule has 110 valence electrons. The van der Waals surface area contributed by atoms with Gasteiger partial charge in [-0.1, -0.05) is 19.1 Å². The van der Waals surface area contributed by atoms with Crippen molar-refractivity contribution in [2.45, 2.75) is 20.4 Å². The van der Waals surface area contributed by atoms with Crippen LogP contribution in [0.4, 0.5) is 5.69 Å². The molecule has 1 amide bonds. The van der Waals surface area contributed by atoms with Gasteiger partial charge in [0, 0.05) is 30.2 Å². The standard InChI is InChI=1S/C16H19N3O2/c1-3-17-9-12-4-6-13(7-5-12)19-16(21)14-10-18-11(2)8-15(14)20/h4-8,10,17H,3,9H2,1-2H3,(H,18,20)(H,19,21). The quantitative estimate of drug-likeness (QED) is 0.787. The van der Waals surface area contributed by atoms with Crippen molar-refractivity contribution in [2.75, 3.05) is 11.9 Å². The van der Waals surface area contributed by atoms with Crippen molar-refractivity contribution in [3.8, 4) is 0 Å². The van der Waals surface area contributed by atoms with E-state index in [0.29, 0.717) is 5.69 Å². The van der Waals surface area contributed by atoms with Crippen LogP contribution in [0.5, 0.6) is 0 Å². The van der Waals surface area contributed by atoms with Gasteiger partial charge in [0.1, 0.15) is 5.56 Å². The van der Waals surface area contributed by atoms with Gasteiger partial charge < -0.3 is 15.6 Å². The molecule has 5 heteroatoms. The summed E-state index contributed by atoms with van der Waals surface area (Å²) in [5, 5.41) is 5.95. The number of rotatable bonds is 5. The van der Waals surface area contributed by atoms with Crippen LogP contribution in [0.3, 0.4) is 0 Å². The highest BCUT2D eigenvalue weighted by atomic mass is 16.2. The Kier molecular flexibility index (Phi) is 4.90. The number of pyridine rings is 1. The van der Waals surface area contributed by atoms with Crippen molar-refractivity contribution in [3.05, 3.63) is 63.6 Å². The Labute approximate surface area is 123 Å². The molecule has 0 aliphatic carbocycles. The Bertz CT molecular complexity index is 675. The van der Waals surface area contributed by atoms with Crippen LogP contribution in [0.2, 0.25) is 0 Å². The maximum atomic E-state index is 12.1. The van der Waals surface area contributed by atoms with Crippen molar-refractivity contribution in [1.29, 1.82) is 0 Å². The van der Waals surface area contributed by atoms with Gasteiger partial charge in [-0.2, -0.15) is 0 Å². The van der Waals surface area contributed by atoms with Gasteiger partial charge in [-0.15, -0.1) is 0 Å². The zero-order valence-corrected chi connectivity index (χ0v) is 12.2. The van der Waals surface area contributed by atoms with Crippen molar-refractivity contribution in [3.63, 3.8) is 0 Å². The first kappa shape index (κ1) is 15.0. The van der Waals surface area contributed by atoms with E-state index in [1.54, 1.807) is 6.92 Å². The fraction of sp³-hybridized carbons (Fsp3) is 0.250. The lowest BCUT2D eigenvalue weighted by atomic mass is 10.2. The Balaban J connectivity index is 2.07.